The maximum atomic E-state index is 12.5. The zero-order valence-electron chi connectivity index (χ0n) is 14.9. The molecule has 0 aliphatic carbocycles. The molecule has 0 unspecified atom stereocenters. The number of carbonyl (C=O) groups excluding carboxylic acids is 1. The lowest BCUT2D eigenvalue weighted by Gasteiger charge is -2.23. The maximum absolute atomic E-state index is 12.5. The molecule has 0 bridgehead atoms. The molecule has 3 aromatic rings. The minimum absolute atomic E-state index is 0.145. The van der Waals surface area contributed by atoms with E-state index in [1.165, 1.54) is 0 Å². The van der Waals surface area contributed by atoms with E-state index < -0.39 is 0 Å². The first-order valence-corrected chi connectivity index (χ1v) is 9.11. The predicted octanol–water partition coefficient (Wildman–Crippen LogP) is 1.11. The first kappa shape index (κ1) is 16.3. The number of nitrogens with zero attached hydrogens (tertiary/aromatic N) is 3. The van der Waals surface area contributed by atoms with Gasteiger partial charge in [0, 0.05) is 6.42 Å². The third-order valence-corrected chi connectivity index (χ3v) is 5.16. The van der Waals surface area contributed by atoms with Crippen LogP contribution in [0.2, 0.25) is 0 Å². The molecule has 3 heterocycles. The maximum Gasteiger partial charge on any atom is 0.215 e. The van der Waals surface area contributed by atoms with Gasteiger partial charge in [0.1, 0.15) is 18.8 Å². The van der Waals surface area contributed by atoms with E-state index in [0.717, 1.165) is 67.6 Å². The summed E-state index contributed by atoms with van der Waals surface area (Å²) in [5.74, 6) is 1.02. The van der Waals surface area contributed by atoms with Crippen molar-refractivity contribution < 1.29 is 14.4 Å². The first-order chi connectivity index (χ1) is 12.2. The van der Waals surface area contributed by atoms with Crippen LogP contribution in [-0.4, -0.2) is 52.6 Å². The van der Waals surface area contributed by atoms with Crippen LogP contribution in [0.5, 0.6) is 0 Å². The molecule has 2 aromatic heterocycles. The van der Waals surface area contributed by atoms with E-state index in [0.29, 0.717) is 6.42 Å². The number of aromatic nitrogens is 3. The Labute approximate surface area is 147 Å². The van der Waals surface area contributed by atoms with Crippen molar-refractivity contribution >= 4 is 22.6 Å². The summed E-state index contributed by atoms with van der Waals surface area (Å²) in [5, 5.41) is 0. The molecular formula is C19H25N4O2+. The molecule has 132 valence electrons. The van der Waals surface area contributed by atoms with E-state index in [2.05, 4.69) is 16.7 Å². The van der Waals surface area contributed by atoms with Crippen LogP contribution in [0.15, 0.2) is 24.3 Å². The average molecular weight is 341 g/mol. The van der Waals surface area contributed by atoms with Crippen molar-refractivity contribution in [3.63, 3.8) is 0 Å². The molecule has 1 aromatic carbocycles. The number of Topliss-reactive ketones (excluding diaryl/α,β-unsaturated/α-hetero) is 1. The van der Waals surface area contributed by atoms with E-state index in [4.69, 9.17) is 9.72 Å². The third-order valence-electron chi connectivity index (χ3n) is 5.16. The van der Waals surface area contributed by atoms with Gasteiger partial charge in [-0.05, 0) is 19.1 Å². The molecule has 1 N–H and O–H groups in total. The van der Waals surface area contributed by atoms with Crippen molar-refractivity contribution in [2.24, 2.45) is 0 Å². The highest BCUT2D eigenvalue weighted by atomic mass is 16.5. The Kier molecular flexibility index (Phi) is 4.31. The van der Waals surface area contributed by atoms with Crippen molar-refractivity contribution in [1.29, 1.82) is 0 Å². The number of imidazole rings is 2. The number of aryl methyl sites for hydroxylation is 1. The predicted molar refractivity (Wildman–Crippen MR) is 96.4 cm³/mol. The smallest absolute Gasteiger partial charge is 0.215 e. The van der Waals surface area contributed by atoms with Crippen molar-refractivity contribution in [2.75, 3.05) is 32.8 Å². The van der Waals surface area contributed by atoms with Crippen LogP contribution >= 0.6 is 0 Å². The van der Waals surface area contributed by atoms with Crippen molar-refractivity contribution in [2.45, 2.75) is 26.8 Å². The Morgan fingerprint density at radius 2 is 1.96 bits per heavy atom. The van der Waals surface area contributed by atoms with E-state index in [1.807, 2.05) is 30.4 Å². The van der Waals surface area contributed by atoms with Crippen LogP contribution in [0, 0.1) is 6.92 Å². The average Bonchev–Trinajstić information content (AvgIpc) is 3.13. The fourth-order valence-electron chi connectivity index (χ4n) is 3.81. The lowest BCUT2D eigenvalue weighted by Crippen LogP contribution is -3.14. The standard InChI is InChI=1S/C19H24N4O2/c1-3-17(24)18-14(2)20-19-22(9-8-21-10-12-25-13-11-21)15-6-4-5-7-16(15)23(18)19/h4-7H,3,8-13H2,1-2H3/p+1. The molecule has 1 fully saturated rings. The van der Waals surface area contributed by atoms with Crippen LogP contribution < -0.4 is 4.90 Å². The van der Waals surface area contributed by atoms with Gasteiger partial charge in [0.25, 0.3) is 0 Å². The van der Waals surface area contributed by atoms with Crippen LogP contribution in [0.1, 0.15) is 29.5 Å². The highest BCUT2D eigenvalue weighted by Crippen LogP contribution is 2.24. The first-order valence-electron chi connectivity index (χ1n) is 9.11. The lowest BCUT2D eigenvalue weighted by molar-refractivity contribution is -0.908. The van der Waals surface area contributed by atoms with Gasteiger partial charge in [-0.15, -0.1) is 0 Å². The highest BCUT2D eigenvalue weighted by molar-refractivity contribution is 5.98. The summed E-state index contributed by atoms with van der Waals surface area (Å²) < 4.78 is 9.76. The summed E-state index contributed by atoms with van der Waals surface area (Å²) in [6, 6.07) is 8.27. The number of benzene rings is 1. The molecule has 0 saturated carbocycles. The Balaban J connectivity index is 1.80. The summed E-state index contributed by atoms with van der Waals surface area (Å²) in [7, 11) is 0. The summed E-state index contributed by atoms with van der Waals surface area (Å²) in [5.41, 5.74) is 3.75. The Morgan fingerprint density at radius 1 is 1.24 bits per heavy atom. The summed E-state index contributed by atoms with van der Waals surface area (Å²) >= 11 is 0. The van der Waals surface area contributed by atoms with Crippen LogP contribution in [0.25, 0.3) is 16.8 Å². The zero-order valence-corrected chi connectivity index (χ0v) is 14.9. The van der Waals surface area contributed by atoms with Gasteiger partial charge in [-0.3, -0.25) is 9.20 Å². The summed E-state index contributed by atoms with van der Waals surface area (Å²) in [4.78, 5) is 18.8. The van der Waals surface area contributed by atoms with Crippen LogP contribution in [0.4, 0.5) is 0 Å². The molecule has 0 spiro atoms. The van der Waals surface area contributed by atoms with Gasteiger partial charge in [-0.2, -0.15) is 0 Å². The Bertz CT molecular complexity index is 918. The van der Waals surface area contributed by atoms with E-state index >= 15 is 0 Å². The molecule has 0 radical (unpaired) electrons. The Hall–Kier alpha value is -2.18. The van der Waals surface area contributed by atoms with Crippen LogP contribution in [0.3, 0.4) is 0 Å². The van der Waals surface area contributed by atoms with Gasteiger partial charge in [-0.25, -0.2) is 4.98 Å². The van der Waals surface area contributed by atoms with Gasteiger partial charge in [-0.1, -0.05) is 19.1 Å². The highest BCUT2D eigenvalue weighted by Gasteiger charge is 2.22. The van der Waals surface area contributed by atoms with Gasteiger partial charge < -0.3 is 14.2 Å². The topological polar surface area (TPSA) is 53.0 Å². The minimum atomic E-state index is 0.145. The molecule has 0 amide bonds. The van der Waals surface area contributed by atoms with Crippen molar-refractivity contribution in [1.82, 2.24) is 14.0 Å². The molecule has 1 aliphatic heterocycles. The fourth-order valence-corrected chi connectivity index (χ4v) is 3.81. The fraction of sp³-hybridized carbons (Fsp3) is 0.474. The number of ketones is 1. The van der Waals surface area contributed by atoms with E-state index in [-0.39, 0.29) is 5.78 Å². The summed E-state index contributed by atoms with van der Waals surface area (Å²) in [6.07, 6.45) is 0.492. The van der Waals surface area contributed by atoms with E-state index in [9.17, 15) is 4.79 Å². The number of ether oxygens (including phenoxy) is 1. The molecule has 4 rings (SSSR count). The van der Waals surface area contributed by atoms with Gasteiger partial charge in [0.15, 0.2) is 5.78 Å². The second-order valence-electron chi connectivity index (χ2n) is 6.71. The number of quaternary nitrogens is 1. The van der Waals surface area contributed by atoms with Crippen molar-refractivity contribution in [3.8, 4) is 0 Å². The number of fused-ring (bicyclic) bond motifs is 3. The molecule has 6 nitrogen and oxygen atoms in total. The number of rotatable bonds is 5. The third kappa shape index (κ3) is 2.75. The second-order valence-corrected chi connectivity index (χ2v) is 6.71. The van der Waals surface area contributed by atoms with Gasteiger partial charge >= 0.3 is 0 Å². The number of hydrogen-bond donors (Lipinski definition) is 1. The number of hydrogen-bond acceptors (Lipinski definition) is 3. The molecule has 25 heavy (non-hydrogen) atoms. The second kappa shape index (κ2) is 6.61. The molecule has 1 aliphatic rings. The number of morpholine rings is 1. The summed E-state index contributed by atoms with van der Waals surface area (Å²) in [6.45, 7) is 9.57. The molecule has 0 atom stereocenters. The molecule has 1 saturated heterocycles. The normalized spacial score (nSPS) is 16.1. The number of para-hydroxylation sites is 2. The van der Waals surface area contributed by atoms with E-state index in [1.54, 1.807) is 4.90 Å². The minimum Gasteiger partial charge on any atom is -0.370 e. The van der Waals surface area contributed by atoms with Crippen molar-refractivity contribution in [3.05, 3.63) is 35.7 Å². The van der Waals surface area contributed by atoms with Gasteiger partial charge in [0.05, 0.1) is 43.0 Å². The number of nitrogens with one attached hydrogen (secondary N) is 1. The lowest BCUT2D eigenvalue weighted by atomic mass is 10.2. The SMILES string of the molecule is CCC(=O)c1c(C)nc2n(CC[NH+]3CCOCC3)c3ccccc3n12. The monoisotopic (exact) mass is 341 g/mol. The zero-order chi connectivity index (χ0) is 17.4. The number of carbonyl (C=O) groups is 1. The quantitative estimate of drug-likeness (QED) is 0.707. The molecule has 6 heteroatoms. The largest absolute Gasteiger partial charge is 0.370 e. The molecular weight excluding hydrogens is 316 g/mol. The van der Waals surface area contributed by atoms with Gasteiger partial charge in [0.2, 0.25) is 5.78 Å². The Morgan fingerprint density at radius 3 is 2.68 bits per heavy atom. The van der Waals surface area contributed by atoms with Crippen LogP contribution in [-0.2, 0) is 11.3 Å².